The predicted octanol–water partition coefficient (Wildman–Crippen LogP) is 3.29. The second-order valence-electron chi connectivity index (χ2n) is 7.08. The molecule has 32 heavy (non-hydrogen) atoms. The van der Waals surface area contributed by atoms with Crippen LogP contribution in [0.3, 0.4) is 0 Å². The van der Waals surface area contributed by atoms with Crippen LogP contribution in [0.25, 0.3) is 5.69 Å². The zero-order valence-electron chi connectivity index (χ0n) is 16.9. The van der Waals surface area contributed by atoms with Crippen molar-refractivity contribution in [2.45, 2.75) is 10.1 Å². The van der Waals surface area contributed by atoms with E-state index in [2.05, 4.69) is 4.98 Å². The summed E-state index contributed by atoms with van der Waals surface area (Å²) in [5.74, 6) is -0.386. The Morgan fingerprint density at radius 2 is 1.69 bits per heavy atom. The number of carbonyl (C=O) groups excluding carboxylic acids is 1. The number of amides is 1. The van der Waals surface area contributed by atoms with Crippen molar-refractivity contribution < 1.29 is 17.6 Å². The molecule has 1 amide bonds. The Morgan fingerprint density at radius 3 is 2.34 bits per heavy atom. The number of rotatable bonds is 6. The molecule has 0 radical (unpaired) electrons. The summed E-state index contributed by atoms with van der Waals surface area (Å²) in [7, 11) is -3.71. The minimum atomic E-state index is -3.71. The normalized spacial score (nSPS) is 15.1. The molecule has 0 aliphatic carbocycles. The van der Waals surface area contributed by atoms with Gasteiger partial charge in [-0.3, -0.25) is 9.36 Å². The van der Waals surface area contributed by atoms with Gasteiger partial charge in [0.25, 0.3) is 0 Å². The van der Waals surface area contributed by atoms with Crippen molar-refractivity contribution in [2.75, 3.05) is 31.9 Å². The maximum Gasteiger partial charge on any atom is 0.243 e. The molecule has 0 atom stereocenters. The number of thioether (sulfide) groups is 1. The summed E-state index contributed by atoms with van der Waals surface area (Å²) in [6.45, 7) is 0.974. The molecule has 0 saturated carbocycles. The summed E-state index contributed by atoms with van der Waals surface area (Å²) in [6, 6.07) is 12.1. The third-order valence-corrected chi connectivity index (χ3v) is 8.20. The minimum Gasteiger partial charge on any atom is -0.339 e. The molecule has 1 saturated heterocycles. The van der Waals surface area contributed by atoms with Gasteiger partial charge in [0.05, 0.1) is 10.6 Å². The van der Waals surface area contributed by atoms with E-state index < -0.39 is 15.8 Å². The van der Waals surface area contributed by atoms with E-state index in [0.717, 1.165) is 17.8 Å². The molecule has 1 aliphatic heterocycles. The number of aromatic nitrogens is 2. The van der Waals surface area contributed by atoms with Crippen LogP contribution in [-0.2, 0) is 14.8 Å². The molecular weight excluding hydrogens is 475 g/mol. The number of hydrogen-bond donors (Lipinski definition) is 0. The molecule has 1 fully saturated rings. The summed E-state index contributed by atoms with van der Waals surface area (Å²) < 4.78 is 41.8. The van der Waals surface area contributed by atoms with Crippen LogP contribution in [0, 0.1) is 5.82 Å². The standard InChI is InChI=1S/C21H20ClFN4O3S2/c22-16-1-5-18(6-2-16)27-10-9-24-21(27)31-15-20(28)25-11-13-26(14-12-25)32(29,30)19-7-3-17(23)4-8-19/h1-10H,11-15H2. The Hall–Kier alpha value is -2.40. The van der Waals surface area contributed by atoms with Crippen LogP contribution in [-0.4, -0.2) is 65.0 Å². The van der Waals surface area contributed by atoms with Gasteiger partial charge in [-0.2, -0.15) is 4.31 Å². The number of nitrogens with zero attached hydrogens (tertiary/aromatic N) is 4. The smallest absolute Gasteiger partial charge is 0.243 e. The van der Waals surface area contributed by atoms with E-state index in [0.29, 0.717) is 23.3 Å². The Bertz CT molecular complexity index is 1190. The summed E-state index contributed by atoms with van der Waals surface area (Å²) in [5, 5.41) is 1.32. The number of hydrogen-bond acceptors (Lipinski definition) is 5. The molecule has 0 unspecified atom stereocenters. The fourth-order valence-corrected chi connectivity index (χ4v) is 5.77. The van der Waals surface area contributed by atoms with Crippen LogP contribution >= 0.6 is 23.4 Å². The van der Waals surface area contributed by atoms with Crippen molar-refractivity contribution in [2.24, 2.45) is 0 Å². The minimum absolute atomic E-state index is 0.0447. The first-order chi connectivity index (χ1) is 15.3. The number of sulfonamides is 1. The zero-order chi connectivity index (χ0) is 22.7. The number of halogens is 2. The topological polar surface area (TPSA) is 75.5 Å². The van der Waals surface area contributed by atoms with Gasteiger partial charge in [-0.1, -0.05) is 23.4 Å². The maximum atomic E-state index is 13.1. The lowest BCUT2D eigenvalue weighted by Gasteiger charge is -2.34. The molecule has 1 aliphatic rings. The van der Waals surface area contributed by atoms with E-state index in [9.17, 15) is 17.6 Å². The van der Waals surface area contributed by atoms with E-state index in [1.54, 1.807) is 23.2 Å². The van der Waals surface area contributed by atoms with Crippen LogP contribution in [0.15, 0.2) is 71.0 Å². The Labute approximate surface area is 194 Å². The summed E-state index contributed by atoms with van der Waals surface area (Å²) in [6.07, 6.45) is 3.48. The molecule has 3 aromatic rings. The first-order valence-corrected chi connectivity index (χ1v) is 12.6. The summed E-state index contributed by atoms with van der Waals surface area (Å²) in [5.41, 5.74) is 0.890. The van der Waals surface area contributed by atoms with E-state index in [-0.39, 0.29) is 29.6 Å². The summed E-state index contributed by atoms with van der Waals surface area (Å²) in [4.78, 5) is 18.7. The van der Waals surface area contributed by atoms with E-state index in [1.807, 2.05) is 22.9 Å². The highest BCUT2D eigenvalue weighted by Gasteiger charge is 2.30. The summed E-state index contributed by atoms with van der Waals surface area (Å²) >= 11 is 7.26. The van der Waals surface area contributed by atoms with E-state index >= 15 is 0 Å². The van der Waals surface area contributed by atoms with Crippen molar-refractivity contribution in [3.05, 3.63) is 71.8 Å². The third kappa shape index (κ3) is 4.98. The lowest BCUT2D eigenvalue weighted by molar-refractivity contribution is -0.129. The second-order valence-corrected chi connectivity index (χ2v) is 10.4. The van der Waals surface area contributed by atoms with Crippen molar-refractivity contribution in [1.29, 1.82) is 0 Å². The quantitative estimate of drug-likeness (QED) is 0.491. The number of imidazole rings is 1. The van der Waals surface area contributed by atoms with Gasteiger partial charge in [0.15, 0.2) is 5.16 Å². The lowest BCUT2D eigenvalue weighted by atomic mass is 10.3. The predicted molar refractivity (Wildman–Crippen MR) is 121 cm³/mol. The van der Waals surface area contributed by atoms with Gasteiger partial charge in [-0.05, 0) is 48.5 Å². The van der Waals surface area contributed by atoms with E-state index in [1.165, 1.54) is 28.2 Å². The third-order valence-electron chi connectivity index (χ3n) is 5.08. The molecule has 7 nitrogen and oxygen atoms in total. The molecule has 2 aromatic carbocycles. The van der Waals surface area contributed by atoms with Gasteiger partial charge in [0, 0.05) is 49.3 Å². The van der Waals surface area contributed by atoms with Crippen LogP contribution < -0.4 is 0 Å². The molecular formula is C21H20ClFN4O3S2. The monoisotopic (exact) mass is 494 g/mol. The molecule has 11 heteroatoms. The largest absolute Gasteiger partial charge is 0.339 e. The average molecular weight is 495 g/mol. The van der Waals surface area contributed by atoms with Crippen molar-refractivity contribution in [1.82, 2.24) is 18.8 Å². The Morgan fingerprint density at radius 1 is 1.03 bits per heavy atom. The molecule has 0 N–H and O–H groups in total. The first-order valence-electron chi connectivity index (χ1n) is 9.80. The van der Waals surface area contributed by atoms with Crippen LogP contribution in [0.1, 0.15) is 0 Å². The maximum absolute atomic E-state index is 13.1. The Balaban J connectivity index is 1.33. The van der Waals surface area contributed by atoms with Gasteiger partial charge >= 0.3 is 0 Å². The molecule has 4 rings (SSSR count). The average Bonchev–Trinajstić information content (AvgIpc) is 3.27. The van der Waals surface area contributed by atoms with Crippen molar-refractivity contribution in [3.8, 4) is 5.69 Å². The number of benzene rings is 2. The van der Waals surface area contributed by atoms with Crippen molar-refractivity contribution >= 4 is 39.3 Å². The molecule has 1 aromatic heterocycles. The molecule has 0 bridgehead atoms. The van der Waals surface area contributed by atoms with Gasteiger partial charge in [0.1, 0.15) is 5.82 Å². The second kappa shape index (κ2) is 9.62. The van der Waals surface area contributed by atoms with E-state index in [4.69, 9.17) is 11.6 Å². The molecule has 2 heterocycles. The van der Waals surface area contributed by atoms with Crippen LogP contribution in [0.4, 0.5) is 4.39 Å². The fraction of sp³-hybridized carbons (Fsp3) is 0.238. The first kappa shape index (κ1) is 22.8. The van der Waals surface area contributed by atoms with Gasteiger partial charge in [0.2, 0.25) is 15.9 Å². The van der Waals surface area contributed by atoms with Crippen LogP contribution in [0.5, 0.6) is 0 Å². The van der Waals surface area contributed by atoms with Gasteiger partial charge in [-0.15, -0.1) is 0 Å². The van der Waals surface area contributed by atoms with Crippen molar-refractivity contribution in [3.63, 3.8) is 0 Å². The highest BCUT2D eigenvalue weighted by Crippen LogP contribution is 2.23. The number of piperazine rings is 1. The number of carbonyl (C=O) groups is 1. The fourth-order valence-electron chi connectivity index (χ4n) is 3.35. The zero-order valence-corrected chi connectivity index (χ0v) is 19.3. The molecule has 168 valence electrons. The van der Waals surface area contributed by atoms with Gasteiger partial charge < -0.3 is 4.90 Å². The molecule has 0 spiro atoms. The lowest BCUT2D eigenvalue weighted by Crippen LogP contribution is -2.50. The highest BCUT2D eigenvalue weighted by molar-refractivity contribution is 7.99. The Kier molecular flexibility index (Phi) is 6.85. The highest BCUT2D eigenvalue weighted by atomic mass is 35.5. The van der Waals surface area contributed by atoms with Crippen LogP contribution in [0.2, 0.25) is 5.02 Å². The SMILES string of the molecule is O=C(CSc1nccn1-c1ccc(Cl)cc1)N1CCN(S(=O)(=O)c2ccc(F)cc2)CC1. The van der Waals surface area contributed by atoms with Gasteiger partial charge in [-0.25, -0.2) is 17.8 Å².